The molecule has 128 valence electrons. The second-order valence-corrected chi connectivity index (χ2v) is 6.07. The monoisotopic (exact) mass is 331 g/mol. The van der Waals surface area contributed by atoms with E-state index in [0.29, 0.717) is 18.5 Å². The molecule has 0 saturated carbocycles. The molecule has 1 aliphatic rings. The van der Waals surface area contributed by atoms with E-state index in [1.807, 2.05) is 17.9 Å². The number of likely N-dealkylation sites (tertiary alicyclic amines) is 1. The molecule has 24 heavy (non-hydrogen) atoms. The van der Waals surface area contributed by atoms with Gasteiger partial charge in [0.1, 0.15) is 17.4 Å². The minimum atomic E-state index is -0.463. The van der Waals surface area contributed by atoms with Crippen LogP contribution < -0.4 is 5.63 Å². The molecule has 6 nitrogen and oxygen atoms in total. The number of rotatable bonds is 4. The Labute approximate surface area is 139 Å². The Morgan fingerprint density at radius 1 is 1.38 bits per heavy atom. The van der Waals surface area contributed by atoms with Gasteiger partial charge in [0, 0.05) is 24.1 Å². The molecule has 1 atom stereocenters. The quantitative estimate of drug-likeness (QED) is 0.683. The Bertz CT molecular complexity index is 826. The lowest BCUT2D eigenvalue weighted by Crippen LogP contribution is -2.36. The number of carbonyl (C=O) groups excluding carboxylic acids is 1. The molecular formula is C18H21NO5. The summed E-state index contributed by atoms with van der Waals surface area (Å²) in [5.41, 5.74) is 1.49. The van der Waals surface area contributed by atoms with Gasteiger partial charge in [-0.1, -0.05) is 6.92 Å². The van der Waals surface area contributed by atoms with Gasteiger partial charge in [-0.3, -0.25) is 9.69 Å². The van der Waals surface area contributed by atoms with Gasteiger partial charge >= 0.3 is 11.6 Å². The van der Waals surface area contributed by atoms with Crippen LogP contribution in [0.1, 0.15) is 30.9 Å². The third-order valence-corrected chi connectivity index (χ3v) is 4.62. The highest BCUT2D eigenvalue weighted by Crippen LogP contribution is 2.29. The van der Waals surface area contributed by atoms with Crippen molar-refractivity contribution in [3.8, 4) is 5.75 Å². The number of fused-ring (bicyclic) bond motifs is 1. The molecule has 0 radical (unpaired) electrons. The minimum absolute atomic E-state index is 0.124. The first kappa shape index (κ1) is 16.5. The maximum absolute atomic E-state index is 11.9. The minimum Gasteiger partial charge on any atom is -0.508 e. The maximum atomic E-state index is 11.9. The van der Waals surface area contributed by atoms with Gasteiger partial charge in [-0.05, 0) is 43.0 Å². The molecule has 2 aromatic rings. The molecule has 1 saturated heterocycles. The van der Waals surface area contributed by atoms with E-state index in [4.69, 9.17) is 9.15 Å². The van der Waals surface area contributed by atoms with Crippen LogP contribution in [0.5, 0.6) is 5.75 Å². The van der Waals surface area contributed by atoms with E-state index >= 15 is 0 Å². The predicted octanol–water partition coefficient (Wildman–Crippen LogP) is 2.20. The zero-order chi connectivity index (χ0) is 17.3. The molecule has 1 N–H and O–H groups in total. The van der Waals surface area contributed by atoms with E-state index in [0.717, 1.165) is 35.9 Å². The standard InChI is InChI=1S/C18H21NO5/c1-3-11-7-13-12(8-17(21)24-16(13)9-15(11)20)10-19-6-4-5-14(19)18(22)23-2/h7-9,14,20H,3-6,10H2,1-2H3. The second kappa shape index (κ2) is 6.65. The van der Waals surface area contributed by atoms with E-state index in [2.05, 4.69) is 0 Å². The van der Waals surface area contributed by atoms with Gasteiger partial charge in [0.15, 0.2) is 0 Å². The Morgan fingerprint density at radius 3 is 2.88 bits per heavy atom. The number of ether oxygens (including phenoxy) is 1. The van der Waals surface area contributed by atoms with Gasteiger partial charge < -0.3 is 14.3 Å². The average Bonchev–Trinajstić information content (AvgIpc) is 3.01. The number of esters is 1. The van der Waals surface area contributed by atoms with E-state index in [-0.39, 0.29) is 17.8 Å². The molecule has 6 heteroatoms. The Hall–Kier alpha value is -2.34. The third-order valence-electron chi connectivity index (χ3n) is 4.62. The van der Waals surface area contributed by atoms with Crippen LogP contribution in [-0.4, -0.2) is 35.7 Å². The first-order valence-corrected chi connectivity index (χ1v) is 8.14. The number of aryl methyl sites for hydroxylation is 1. The number of hydrogen-bond donors (Lipinski definition) is 1. The molecule has 2 heterocycles. The van der Waals surface area contributed by atoms with Crippen molar-refractivity contribution in [1.82, 2.24) is 4.90 Å². The SMILES string of the molecule is CCc1cc2c(CN3CCCC3C(=O)OC)cc(=O)oc2cc1O. The molecule has 1 fully saturated rings. The van der Waals surface area contributed by atoms with Crippen LogP contribution in [0.4, 0.5) is 0 Å². The average molecular weight is 331 g/mol. The number of phenolic OH excluding ortho intramolecular Hbond substituents is 1. The van der Waals surface area contributed by atoms with Crippen LogP contribution in [0.2, 0.25) is 0 Å². The van der Waals surface area contributed by atoms with Crippen molar-refractivity contribution in [2.24, 2.45) is 0 Å². The fourth-order valence-corrected chi connectivity index (χ4v) is 3.36. The fourth-order valence-electron chi connectivity index (χ4n) is 3.36. The lowest BCUT2D eigenvalue weighted by Gasteiger charge is -2.22. The summed E-state index contributed by atoms with van der Waals surface area (Å²) >= 11 is 0. The van der Waals surface area contributed by atoms with Crippen molar-refractivity contribution in [3.05, 3.63) is 39.7 Å². The normalized spacial score (nSPS) is 18.2. The third kappa shape index (κ3) is 3.01. The molecule has 3 rings (SSSR count). The van der Waals surface area contributed by atoms with Gasteiger partial charge in [-0.15, -0.1) is 0 Å². The van der Waals surface area contributed by atoms with Gasteiger partial charge in [0.2, 0.25) is 0 Å². The first-order valence-electron chi connectivity index (χ1n) is 8.14. The van der Waals surface area contributed by atoms with Crippen molar-refractivity contribution in [2.75, 3.05) is 13.7 Å². The highest BCUT2D eigenvalue weighted by molar-refractivity contribution is 5.83. The molecule has 0 aliphatic carbocycles. The van der Waals surface area contributed by atoms with Gasteiger partial charge in [-0.2, -0.15) is 0 Å². The topological polar surface area (TPSA) is 80.0 Å². The molecule has 0 spiro atoms. The summed E-state index contributed by atoms with van der Waals surface area (Å²) < 4.78 is 10.1. The van der Waals surface area contributed by atoms with Crippen LogP contribution in [-0.2, 0) is 22.5 Å². The first-order chi connectivity index (χ1) is 11.5. The summed E-state index contributed by atoms with van der Waals surface area (Å²) in [4.78, 5) is 25.8. The summed E-state index contributed by atoms with van der Waals surface area (Å²) in [6, 6.07) is 4.53. The van der Waals surface area contributed by atoms with E-state index in [9.17, 15) is 14.7 Å². The highest BCUT2D eigenvalue weighted by atomic mass is 16.5. The lowest BCUT2D eigenvalue weighted by atomic mass is 10.0. The summed E-state index contributed by atoms with van der Waals surface area (Å²) in [6.07, 6.45) is 2.35. The number of benzene rings is 1. The Morgan fingerprint density at radius 2 is 2.17 bits per heavy atom. The zero-order valence-corrected chi connectivity index (χ0v) is 13.9. The summed E-state index contributed by atoms with van der Waals surface area (Å²) in [6.45, 7) is 3.20. The zero-order valence-electron chi connectivity index (χ0n) is 13.9. The molecular weight excluding hydrogens is 310 g/mol. The summed E-state index contributed by atoms with van der Waals surface area (Å²) in [5.74, 6) is -0.120. The van der Waals surface area contributed by atoms with Crippen LogP contribution in [0.25, 0.3) is 11.0 Å². The van der Waals surface area contributed by atoms with Crippen molar-refractivity contribution < 1.29 is 19.1 Å². The number of nitrogens with zero attached hydrogens (tertiary/aromatic N) is 1. The predicted molar refractivity (Wildman–Crippen MR) is 89.0 cm³/mol. The number of methoxy groups -OCH3 is 1. The van der Waals surface area contributed by atoms with Crippen LogP contribution >= 0.6 is 0 Å². The summed E-state index contributed by atoms with van der Waals surface area (Å²) in [5, 5.41) is 10.8. The smallest absolute Gasteiger partial charge is 0.336 e. The molecule has 1 aromatic heterocycles. The van der Waals surface area contributed by atoms with Crippen molar-refractivity contribution in [1.29, 1.82) is 0 Å². The number of phenols is 1. The molecule has 0 amide bonds. The molecule has 1 unspecified atom stereocenters. The van der Waals surface area contributed by atoms with Crippen molar-refractivity contribution in [2.45, 2.75) is 38.8 Å². The van der Waals surface area contributed by atoms with Crippen LogP contribution in [0, 0.1) is 0 Å². The number of aromatic hydroxyl groups is 1. The maximum Gasteiger partial charge on any atom is 0.336 e. The molecule has 0 bridgehead atoms. The van der Waals surface area contributed by atoms with Gasteiger partial charge in [-0.25, -0.2) is 4.79 Å². The Balaban J connectivity index is 2.02. The van der Waals surface area contributed by atoms with Crippen molar-refractivity contribution in [3.63, 3.8) is 0 Å². The highest BCUT2D eigenvalue weighted by Gasteiger charge is 2.31. The Kier molecular flexibility index (Phi) is 4.57. The second-order valence-electron chi connectivity index (χ2n) is 6.07. The number of hydrogen-bond acceptors (Lipinski definition) is 6. The van der Waals surface area contributed by atoms with Crippen LogP contribution in [0.3, 0.4) is 0 Å². The van der Waals surface area contributed by atoms with E-state index in [1.54, 1.807) is 0 Å². The van der Waals surface area contributed by atoms with Gasteiger partial charge in [0.05, 0.1) is 7.11 Å². The fraction of sp³-hybridized carbons (Fsp3) is 0.444. The summed E-state index contributed by atoms with van der Waals surface area (Å²) in [7, 11) is 1.39. The number of carbonyl (C=O) groups is 1. The van der Waals surface area contributed by atoms with Gasteiger partial charge in [0.25, 0.3) is 0 Å². The van der Waals surface area contributed by atoms with E-state index < -0.39 is 5.63 Å². The van der Waals surface area contributed by atoms with E-state index in [1.165, 1.54) is 19.2 Å². The van der Waals surface area contributed by atoms with Crippen LogP contribution in [0.15, 0.2) is 27.4 Å². The molecule has 1 aliphatic heterocycles. The van der Waals surface area contributed by atoms with Crippen molar-refractivity contribution >= 4 is 16.9 Å². The largest absolute Gasteiger partial charge is 0.508 e. The molecule has 1 aromatic carbocycles. The lowest BCUT2D eigenvalue weighted by molar-refractivity contribution is -0.146.